The molecule has 0 radical (unpaired) electrons. The van der Waals surface area contributed by atoms with E-state index >= 15 is 0 Å². The summed E-state index contributed by atoms with van der Waals surface area (Å²) in [6.07, 6.45) is 2.15. The van der Waals surface area contributed by atoms with Crippen molar-refractivity contribution < 1.29 is 9.53 Å². The number of anilines is 1. The number of hydrogen-bond donors (Lipinski definition) is 0. The van der Waals surface area contributed by atoms with Gasteiger partial charge in [0.2, 0.25) is 0 Å². The van der Waals surface area contributed by atoms with E-state index < -0.39 is 0 Å². The minimum Gasteiger partial charge on any atom is -0.378 e. The average Bonchev–Trinajstić information content (AvgIpc) is 2.79. The number of pyridine rings is 1. The topological polar surface area (TPSA) is 42.4 Å². The molecule has 1 aliphatic heterocycles. The number of aromatic nitrogens is 1. The molecule has 3 aromatic rings. The zero-order valence-electron chi connectivity index (χ0n) is 17.7. The van der Waals surface area contributed by atoms with E-state index in [0.29, 0.717) is 6.42 Å². The van der Waals surface area contributed by atoms with E-state index in [1.165, 1.54) is 22.4 Å². The number of ether oxygens (including phenoxy) is 1. The minimum atomic E-state index is 0.0194. The van der Waals surface area contributed by atoms with Gasteiger partial charge in [-0.2, -0.15) is 0 Å². The number of ketones is 1. The molecule has 0 saturated carbocycles. The second-order valence-corrected chi connectivity index (χ2v) is 7.91. The van der Waals surface area contributed by atoms with Crippen molar-refractivity contribution in [2.75, 3.05) is 31.2 Å². The Morgan fingerprint density at radius 2 is 1.77 bits per heavy atom. The first-order chi connectivity index (χ1) is 14.6. The Labute approximate surface area is 178 Å². The van der Waals surface area contributed by atoms with Gasteiger partial charge in [0, 0.05) is 48.6 Å². The molecule has 1 aliphatic rings. The van der Waals surface area contributed by atoms with Crippen molar-refractivity contribution in [1.82, 2.24) is 4.98 Å². The van der Waals surface area contributed by atoms with E-state index in [9.17, 15) is 4.79 Å². The molecule has 1 saturated heterocycles. The van der Waals surface area contributed by atoms with Crippen LogP contribution in [0.2, 0.25) is 0 Å². The molecule has 154 valence electrons. The second-order valence-electron chi connectivity index (χ2n) is 7.91. The van der Waals surface area contributed by atoms with Crippen molar-refractivity contribution in [2.24, 2.45) is 0 Å². The van der Waals surface area contributed by atoms with Crippen molar-refractivity contribution in [2.45, 2.75) is 26.2 Å². The van der Waals surface area contributed by atoms with Gasteiger partial charge in [0.15, 0.2) is 5.78 Å². The molecule has 30 heavy (non-hydrogen) atoms. The Hall–Kier alpha value is -2.98. The standard InChI is InChI=1S/C26H28N2O2/c1-19-5-3-4-6-24(19)25(18-26(29)22-11-12-27-20(2)17-22)21-7-9-23(10-8-21)28-13-15-30-16-14-28/h3-12,17,25H,13-16,18H2,1-2H3/t25-/m1/s1. The van der Waals surface area contributed by atoms with Gasteiger partial charge in [-0.05, 0) is 54.8 Å². The number of carbonyl (C=O) groups excluding carboxylic acids is 1. The number of carbonyl (C=O) groups is 1. The highest BCUT2D eigenvalue weighted by Crippen LogP contribution is 2.33. The molecule has 0 N–H and O–H groups in total. The van der Waals surface area contributed by atoms with E-state index in [2.05, 4.69) is 59.3 Å². The first-order valence-corrected chi connectivity index (χ1v) is 10.6. The Balaban J connectivity index is 1.63. The Morgan fingerprint density at radius 1 is 1.03 bits per heavy atom. The lowest BCUT2D eigenvalue weighted by atomic mass is 9.83. The number of Topliss-reactive ketones (excluding diaryl/α,β-unsaturated/α-hetero) is 1. The quantitative estimate of drug-likeness (QED) is 0.550. The van der Waals surface area contributed by atoms with Crippen LogP contribution in [0.4, 0.5) is 5.69 Å². The van der Waals surface area contributed by atoms with E-state index in [1.54, 1.807) is 6.20 Å². The fourth-order valence-electron chi connectivity index (χ4n) is 4.15. The molecule has 0 unspecified atom stereocenters. The molecule has 1 fully saturated rings. The van der Waals surface area contributed by atoms with Crippen LogP contribution in [-0.4, -0.2) is 37.1 Å². The number of hydrogen-bond acceptors (Lipinski definition) is 4. The molecule has 2 aromatic carbocycles. The molecule has 0 aliphatic carbocycles. The average molecular weight is 401 g/mol. The van der Waals surface area contributed by atoms with Crippen LogP contribution in [0.15, 0.2) is 66.9 Å². The van der Waals surface area contributed by atoms with E-state index in [1.807, 2.05) is 25.1 Å². The van der Waals surface area contributed by atoms with Crippen molar-refractivity contribution in [3.8, 4) is 0 Å². The number of nitrogens with zero attached hydrogens (tertiary/aromatic N) is 2. The first-order valence-electron chi connectivity index (χ1n) is 10.6. The van der Waals surface area contributed by atoms with Gasteiger partial charge < -0.3 is 9.64 Å². The van der Waals surface area contributed by atoms with Crippen LogP contribution in [0, 0.1) is 13.8 Å². The monoisotopic (exact) mass is 400 g/mol. The highest BCUT2D eigenvalue weighted by molar-refractivity contribution is 5.96. The minimum absolute atomic E-state index is 0.0194. The van der Waals surface area contributed by atoms with Gasteiger partial charge in [-0.25, -0.2) is 0 Å². The fraction of sp³-hybridized carbons (Fsp3) is 0.308. The molecule has 1 aromatic heterocycles. The Bertz CT molecular complexity index is 1010. The summed E-state index contributed by atoms with van der Waals surface area (Å²) < 4.78 is 5.46. The van der Waals surface area contributed by atoms with Crippen LogP contribution in [0.3, 0.4) is 0 Å². The van der Waals surface area contributed by atoms with Gasteiger partial charge in [0.25, 0.3) is 0 Å². The molecule has 4 nitrogen and oxygen atoms in total. The lowest BCUT2D eigenvalue weighted by Crippen LogP contribution is -2.36. The SMILES string of the molecule is Cc1cc(C(=O)C[C@H](c2ccc(N3CCOCC3)cc2)c2ccccc2C)ccn1. The van der Waals surface area contributed by atoms with Crippen molar-refractivity contribution in [3.05, 3.63) is 94.8 Å². The smallest absolute Gasteiger partial charge is 0.163 e. The van der Waals surface area contributed by atoms with E-state index in [4.69, 9.17) is 4.74 Å². The number of benzene rings is 2. The zero-order valence-corrected chi connectivity index (χ0v) is 17.7. The highest BCUT2D eigenvalue weighted by Gasteiger charge is 2.21. The molecule has 1 atom stereocenters. The third-order valence-electron chi connectivity index (χ3n) is 5.84. The predicted molar refractivity (Wildman–Crippen MR) is 120 cm³/mol. The predicted octanol–water partition coefficient (Wildman–Crippen LogP) is 4.94. The molecule has 4 heteroatoms. The molecule has 0 bridgehead atoms. The number of aryl methyl sites for hydroxylation is 2. The van der Waals surface area contributed by atoms with Crippen LogP contribution in [0.25, 0.3) is 0 Å². The normalized spacial score (nSPS) is 15.1. The van der Waals surface area contributed by atoms with E-state index in [0.717, 1.165) is 37.6 Å². The Kier molecular flexibility index (Phi) is 6.24. The van der Waals surface area contributed by atoms with Crippen LogP contribution in [0.5, 0.6) is 0 Å². The highest BCUT2D eigenvalue weighted by atomic mass is 16.5. The van der Waals surface area contributed by atoms with E-state index in [-0.39, 0.29) is 11.7 Å². The first kappa shape index (κ1) is 20.3. The third kappa shape index (κ3) is 4.60. The van der Waals surface area contributed by atoms with Crippen molar-refractivity contribution in [3.63, 3.8) is 0 Å². The lowest BCUT2D eigenvalue weighted by molar-refractivity contribution is 0.0977. The van der Waals surface area contributed by atoms with Gasteiger partial charge in [-0.1, -0.05) is 36.4 Å². The zero-order chi connectivity index (χ0) is 20.9. The molecule has 2 heterocycles. The van der Waals surface area contributed by atoms with Gasteiger partial charge >= 0.3 is 0 Å². The maximum absolute atomic E-state index is 13.1. The van der Waals surface area contributed by atoms with Crippen LogP contribution in [-0.2, 0) is 4.74 Å². The molecular weight excluding hydrogens is 372 g/mol. The summed E-state index contributed by atoms with van der Waals surface area (Å²) >= 11 is 0. The molecule has 0 spiro atoms. The van der Waals surface area contributed by atoms with Gasteiger partial charge in [-0.15, -0.1) is 0 Å². The van der Waals surface area contributed by atoms with Crippen molar-refractivity contribution >= 4 is 11.5 Å². The van der Waals surface area contributed by atoms with Gasteiger partial charge in [-0.3, -0.25) is 9.78 Å². The van der Waals surface area contributed by atoms with Gasteiger partial charge in [0.1, 0.15) is 0 Å². The second kappa shape index (κ2) is 9.23. The summed E-state index contributed by atoms with van der Waals surface area (Å²) in [6, 6.07) is 20.7. The molecular formula is C26H28N2O2. The summed E-state index contributed by atoms with van der Waals surface area (Å²) in [5.41, 5.74) is 6.38. The van der Waals surface area contributed by atoms with Crippen LogP contribution < -0.4 is 4.90 Å². The largest absolute Gasteiger partial charge is 0.378 e. The van der Waals surface area contributed by atoms with Crippen LogP contribution >= 0.6 is 0 Å². The maximum Gasteiger partial charge on any atom is 0.163 e. The maximum atomic E-state index is 13.1. The summed E-state index contributed by atoms with van der Waals surface area (Å²) in [6.45, 7) is 7.41. The summed E-state index contributed by atoms with van der Waals surface area (Å²) in [4.78, 5) is 19.7. The molecule has 4 rings (SSSR count). The fourth-order valence-corrected chi connectivity index (χ4v) is 4.15. The lowest BCUT2D eigenvalue weighted by Gasteiger charge is -2.29. The summed E-state index contributed by atoms with van der Waals surface area (Å²) in [5.74, 6) is 0.164. The third-order valence-corrected chi connectivity index (χ3v) is 5.84. The molecule has 0 amide bonds. The number of morpholine rings is 1. The van der Waals surface area contributed by atoms with Gasteiger partial charge in [0.05, 0.1) is 13.2 Å². The van der Waals surface area contributed by atoms with Crippen molar-refractivity contribution in [1.29, 1.82) is 0 Å². The number of rotatable bonds is 6. The van der Waals surface area contributed by atoms with Crippen LogP contribution in [0.1, 0.15) is 45.1 Å². The summed E-state index contributed by atoms with van der Waals surface area (Å²) in [5, 5.41) is 0. The Morgan fingerprint density at radius 3 is 2.47 bits per heavy atom. The summed E-state index contributed by atoms with van der Waals surface area (Å²) in [7, 11) is 0.